The molecular weight excluding hydrogens is 326 g/mol. The number of rotatable bonds is 2. The zero-order valence-corrected chi connectivity index (χ0v) is 12.0. The van der Waals surface area contributed by atoms with Crippen LogP contribution in [0.3, 0.4) is 0 Å². The van der Waals surface area contributed by atoms with Gasteiger partial charge in [0.25, 0.3) is 5.91 Å². The van der Waals surface area contributed by atoms with Crippen LogP contribution in [-0.2, 0) is 0 Å². The number of amides is 1. The Bertz CT molecular complexity index is 706. The lowest BCUT2D eigenvalue weighted by Crippen LogP contribution is -2.11. The number of thiazole rings is 1. The minimum Gasteiger partial charge on any atom is -0.320 e. The average Bonchev–Trinajstić information content (AvgIpc) is 2.85. The van der Waals surface area contributed by atoms with Gasteiger partial charge in [-0.2, -0.15) is 0 Å². The molecule has 0 bridgehead atoms. The topological polar surface area (TPSA) is 54.9 Å². The zero-order valence-electron chi connectivity index (χ0n) is 9.63. The second-order valence-corrected chi connectivity index (χ2v) is 5.70. The summed E-state index contributed by atoms with van der Waals surface area (Å²) < 4.78 is 0.967. The van der Waals surface area contributed by atoms with E-state index in [2.05, 4.69) is 31.2 Å². The summed E-state index contributed by atoms with van der Waals surface area (Å²) >= 11 is 4.63. The van der Waals surface area contributed by atoms with E-state index in [4.69, 9.17) is 0 Å². The molecule has 0 atom stereocenters. The van der Waals surface area contributed by atoms with Crippen molar-refractivity contribution >= 4 is 49.2 Å². The number of carbonyl (C=O) groups is 1. The Morgan fingerprint density at radius 1 is 1.21 bits per heavy atom. The number of pyridine rings is 1. The summed E-state index contributed by atoms with van der Waals surface area (Å²) in [7, 11) is 0. The largest absolute Gasteiger partial charge is 0.320 e. The summed E-state index contributed by atoms with van der Waals surface area (Å²) in [6, 6.07) is 11.0. The molecule has 0 radical (unpaired) electrons. The van der Waals surface area contributed by atoms with Crippen LogP contribution in [0.25, 0.3) is 10.3 Å². The summed E-state index contributed by atoms with van der Waals surface area (Å²) in [6.07, 6.45) is 1.69. The van der Waals surface area contributed by atoms with Gasteiger partial charge in [-0.25, -0.2) is 9.97 Å². The van der Waals surface area contributed by atoms with E-state index in [1.807, 2.05) is 30.3 Å². The fourth-order valence-electron chi connectivity index (χ4n) is 1.58. The van der Waals surface area contributed by atoms with Crippen LogP contribution in [0.2, 0.25) is 0 Å². The summed E-state index contributed by atoms with van der Waals surface area (Å²) in [5.41, 5.74) is 1.48. The van der Waals surface area contributed by atoms with Crippen molar-refractivity contribution < 1.29 is 4.79 Å². The maximum Gasteiger partial charge on any atom is 0.284 e. The number of hydrogen-bond donors (Lipinski definition) is 1. The SMILES string of the molecule is O=C(Nc1ccc(Br)cc1)c1nc2cccnc2s1. The van der Waals surface area contributed by atoms with Gasteiger partial charge in [0.1, 0.15) is 10.3 Å². The summed E-state index contributed by atoms with van der Waals surface area (Å²) in [6.45, 7) is 0. The lowest BCUT2D eigenvalue weighted by Gasteiger charge is -2.02. The van der Waals surface area contributed by atoms with Crippen LogP contribution in [0.1, 0.15) is 9.80 Å². The van der Waals surface area contributed by atoms with Crippen molar-refractivity contribution in [3.8, 4) is 0 Å². The maximum absolute atomic E-state index is 12.1. The van der Waals surface area contributed by atoms with E-state index in [0.717, 1.165) is 20.5 Å². The van der Waals surface area contributed by atoms with E-state index in [0.29, 0.717) is 5.01 Å². The Morgan fingerprint density at radius 3 is 2.74 bits per heavy atom. The van der Waals surface area contributed by atoms with Crippen LogP contribution >= 0.6 is 27.3 Å². The molecule has 2 heterocycles. The number of carbonyl (C=O) groups excluding carboxylic acids is 1. The third-order valence-corrected chi connectivity index (χ3v) is 3.97. The maximum atomic E-state index is 12.1. The Kier molecular flexibility index (Phi) is 3.27. The Balaban J connectivity index is 1.85. The van der Waals surface area contributed by atoms with E-state index in [1.165, 1.54) is 11.3 Å². The molecule has 3 rings (SSSR count). The summed E-state index contributed by atoms with van der Waals surface area (Å²) in [5, 5.41) is 3.22. The van der Waals surface area contributed by atoms with Gasteiger partial charge in [0, 0.05) is 16.4 Å². The van der Waals surface area contributed by atoms with Crippen LogP contribution in [0.4, 0.5) is 5.69 Å². The van der Waals surface area contributed by atoms with E-state index in [1.54, 1.807) is 12.3 Å². The van der Waals surface area contributed by atoms with Crippen molar-refractivity contribution in [2.24, 2.45) is 0 Å². The number of fused-ring (bicyclic) bond motifs is 1. The molecule has 0 saturated heterocycles. The molecule has 0 aliphatic carbocycles. The molecule has 0 unspecified atom stereocenters. The number of benzene rings is 1. The third-order valence-electron chi connectivity index (χ3n) is 2.46. The highest BCUT2D eigenvalue weighted by molar-refractivity contribution is 9.10. The minimum atomic E-state index is -0.217. The summed E-state index contributed by atoms with van der Waals surface area (Å²) in [4.78, 5) is 21.3. The fraction of sp³-hybridized carbons (Fsp3) is 0. The van der Waals surface area contributed by atoms with Gasteiger partial charge in [-0.05, 0) is 36.4 Å². The van der Waals surface area contributed by atoms with E-state index in [9.17, 15) is 4.79 Å². The molecule has 4 nitrogen and oxygen atoms in total. The molecule has 19 heavy (non-hydrogen) atoms. The molecule has 0 spiro atoms. The molecule has 0 aliphatic heterocycles. The van der Waals surface area contributed by atoms with E-state index in [-0.39, 0.29) is 5.91 Å². The first-order chi connectivity index (χ1) is 9.22. The highest BCUT2D eigenvalue weighted by Crippen LogP contribution is 2.21. The first kappa shape index (κ1) is 12.3. The van der Waals surface area contributed by atoms with Crippen LogP contribution in [0.5, 0.6) is 0 Å². The number of hydrogen-bond acceptors (Lipinski definition) is 4. The predicted octanol–water partition coefficient (Wildman–Crippen LogP) is 3.71. The molecular formula is C13H8BrN3OS. The highest BCUT2D eigenvalue weighted by Gasteiger charge is 2.12. The minimum absolute atomic E-state index is 0.217. The smallest absolute Gasteiger partial charge is 0.284 e. The lowest BCUT2D eigenvalue weighted by molar-refractivity contribution is 0.102. The Labute approximate surface area is 121 Å². The van der Waals surface area contributed by atoms with Crippen molar-refractivity contribution in [1.82, 2.24) is 9.97 Å². The molecule has 94 valence electrons. The van der Waals surface area contributed by atoms with E-state index < -0.39 is 0 Å². The van der Waals surface area contributed by atoms with Gasteiger partial charge in [0.15, 0.2) is 5.01 Å². The Morgan fingerprint density at radius 2 is 2.00 bits per heavy atom. The summed E-state index contributed by atoms with van der Waals surface area (Å²) in [5.74, 6) is -0.217. The van der Waals surface area contributed by atoms with Gasteiger partial charge < -0.3 is 5.32 Å². The van der Waals surface area contributed by atoms with E-state index >= 15 is 0 Å². The van der Waals surface area contributed by atoms with Gasteiger partial charge in [-0.1, -0.05) is 27.3 Å². The number of aromatic nitrogens is 2. The number of nitrogens with one attached hydrogen (secondary N) is 1. The van der Waals surface area contributed by atoms with Gasteiger partial charge >= 0.3 is 0 Å². The van der Waals surface area contributed by atoms with Crippen molar-refractivity contribution in [3.63, 3.8) is 0 Å². The Hall–Kier alpha value is -1.79. The monoisotopic (exact) mass is 333 g/mol. The predicted molar refractivity (Wildman–Crippen MR) is 79.5 cm³/mol. The van der Waals surface area contributed by atoms with Crippen molar-refractivity contribution in [2.75, 3.05) is 5.32 Å². The van der Waals surface area contributed by atoms with Crippen LogP contribution < -0.4 is 5.32 Å². The second kappa shape index (κ2) is 5.07. The molecule has 1 aromatic carbocycles. The highest BCUT2D eigenvalue weighted by atomic mass is 79.9. The fourth-order valence-corrected chi connectivity index (χ4v) is 2.65. The molecule has 6 heteroatoms. The lowest BCUT2D eigenvalue weighted by atomic mass is 10.3. The van der Waals surface area contributed by atoms with Gasteiger partial charge in [-0.15, -0.1) is 0 Å². The quantitative estimate of drug-likeness (QED) is 0.777. The molecule has 0 saturated carbocycles. The second-order valence-electron chi connectivity index (χ2n) is 3.81. The number of anilines is 1. The zero-order chi connectivity index (χ0) is 13.2. The molecule has 0 aliphatic rings. The average molecular weight is 334 g/mol. The molecule has 1 amide bonds. The molecule has 2 aromatic heterocycles. The first-order valence-corrected chi connectivity index (χ1v) is 7.12. The van der Waals surface area contributed by atoms with Crippen LogP contribution in [0, 0.1) is 0 Å². The van der Waals surface area contributed by atoms with Crippen molar-refractivity contribution in [3.05, 3.63) is 52.1 Å². The van der Waals surface area contributed by atoms with Gasteiger partial charge in [-0.3, -0.25) is 4.79 Å². The van der Waals surface area contributed by atoms with Gasteiger partial charge in [0.2, 0.25) is 0 Å². The van der Waals surface area contributed by atoms with Crippen LogP contribution in [0.15, 0.2) is 47.1 Å². The number of nitrogens with zero attached hydrogens (tertiary/aromatic N) is 2. The molecule has 1 N–H and O–H groups in total. The van der Waals surface area contributed by atoms with Crippen LogP contribution in [-0.4, -0.2) is 15.9 Å². The molecule has 3 aromatic rings. The van der Waals surface area contributed by atoms with Crippen molar-refractivity contribution in [2.45, 2.75) is 0 Å². The van der Waals surface area contributed by atoms with Crippen molar-refractivity contribution in [1.29, 1.82) is 0 Å². The molecule has 0 fully saturated rings. The number of halogens is 1. The standard InChI is InChI=1S/C13H8BrN3OS/c14-8-3-5-9(6-4-8)16-11(18)13-17-10-2-1-7-15-12(10)19-13/h1-7H,(H,16,18). The normalized spacial score (nSPS) is 10.6. The first-order valence-electron chi connectivity index (χ1n) is 5.51. The third kappa shape index (κ3) is 2.64. The van der Waals surface area contributed by atoms with Gasteiger partial charge in [0.05, 0.1) is 0 Å².